The van der Waals surface area contributed by atoms with E-state index >= 15 is 0 Å². The van der Waals surface area contributed by atoms with E-state index in [4.69, 9.17) is 10.5 Å². The highest BCUT2D eigenvalue weighted by atomic mass is 16.5. The van der Waals surface area contributed by atoms with Crippen molar-refractivity contribution in [2.75, 3.05) is 43.2 Å². The van der Waals surface area contributed by atoms with Crippen LogP contribution in [0, 0.1) is 25.7 Å². The van der Waals surface area contributed by atoms with Gasteiger partial charge in [0.15, 0.2) is 0 Å². The number of nitrogen functional groups attached to an aromatic ring is 1. The van der Waals surface area contributed by atoms with Crippen LogP contribution in [-0.4, -0.2) is 63.6 Å². The van der Waals surface area contributed by atoms with Gasteiger partial charge in [0.2, 0.25) is 23.6 Å². The summed E-state index contributed by atoms with van der Waals surface area (Å²) in [5.41, 5.74) is 8.08. The third kappa shape index (κ3) is 6.85. The van der Waals surface area contributed by atoms with Crippen LogP contribution >= 0.6 is 0 Å². The molecule has 10 heteroatoms. The molecule has 0 spiro atoms. The second-order valence-electron chi connectivity index (χ2n) is 9.67. The van der Waals surface area contributed by atoms with Gasteiger partial charge in [-0.15, -0.1) is 5.92 Å². The number of benzene rings is 1. The molecule has 1 aliphatic rings. The van der Waals surface area contributed by atoms with Gasteiger partial charge in [0.05, 0.1) is 0 Å². The first-order valence-corrected chi connectivity index (χ1v) is 11.5. The Labute approximate surface area is 213 Å². The van der Waals surface area contributed by atoms with Gasteiger partial charge in [0.1, 0.15) is 19.2 Å². The van der Waals surface area contributed by atoms with Crippen molar-refractivity contribution < 1.29 is 20.1 Å². The number of aliphatic hydroxyl groups is 2. The number of nitrogens with two attached hydrogens (primary N) is 1. The maximum atomic E-state index is 10.8. The van der Waals surface area contributed by atoms with Crippen molar-refractivity contribution in [3.05, 3.63) is 40.5 Å². The average molecular weight is 499 g/mol. The normalized spacial score (nSPS) is 13.9. The highest BCUT2D eigenvalue weighted by molar-refractivity contribution is 5.53. The summed E-state index contributed by atoms with van der Waals surface area (Å²) < 4.78 is 5.02. The van der Waals surface area contributed by atoms with Crippen molar-refractivity contribution in [2.45, 2.75) is 59.1 Å². The van der Waals surface area contributed by atoms with E-state index in [0.29, 0.717) is 17.7 Å². The van der Waals surface area contributed by atoms with Gasteiger partial charge in [-0.05, 0) is 60.8 Å². The maximum Gasteiger partial charge on any atom is 0.237 e. The van der Waals surface area contributed by atoms with E-state index in [0.717, 1.165) is 11.1 Å². The summed E-state index contributed by atoms with van der Waals surface area (Å²) in [5.74, 6) is 6.01. The Balaban J connectivity index is 0.000000297. The quantitative estimate of drug-likeness (QED) is 0.256. The zero-order valence-corrected chi connectivity index (χ0v) is 22.4. The Bertz CT molecular complexity index is 1140. The summed E-state index contributed by atoms with van der Waals surface area (Å²) in [5, 5.41) is 30.2. The van der Waals surface area contributed by atoms with Crippen LogP contribution in [0.25, 0.3) is 0 Å². The average Bonchev–Trinajstić information content (AvgIpc) is 3.63. The summed E-state index contributed by atoms with van der Waals surface area (Å²) in [4.78, 5) is 15.0. The van der Waals surface area contributed by atoms with Gasteiger partial charge in [-0.2, -0.15) is 15.0 Å². The minimum Gasteiger partial charge on any atom is -0.507 e. The van der Waals surface area contributed by atoms with Crippen LogP contribution in [0.2, 0.25) is 0 Å². The fourth-order valence-corrected chi connectivity index (χ4v) is 3.44. The number of hydrogen-bond donors (Lipinski definition) is 4. The monoisotopic (exact) mass is 498 g/mol. The van der Waals surface area contributed by atoms with E-state index in [-0.39, 0.29) is 30.0 Å². The lowest BCUT2D eigenvalue weighted by Gasteiger charge is -2.33. The largest absolute Gasteiger partial charge is 0.507 e. The first-order chi connectivity index (χ1) is 16.8. The number of allylic oxidation sites excluding steroid dienone is 1. The number of aliphatic hydroxyl groups excluding tert-OH is 1. The molecule has 2 aromatic rings. The smallest absolute Gasteiger partial charge is 0.237 e. The Morgan fingerprint density at radius 2 is 1.67 bits per heavy atom. The molecule has 1 atom stereocenters. The highest BCUT2D eigenvalue weighted by Crippen LogP contribution is 2.36. The van der Waals surface area contributed by atoms with Crippen molar-refractivity contribution in [2.24, 2.45) is 0 Å². The lowest BCUT2D eigenvalue weighted by atomic mass is 9.85. The number of nitrogens with zero attached hydrogens (tertiary/aromatic N) is 5. The van der Waals surface area contributed by atoms with Gasteiger partial charge in [-0.3, -0.25) is 4.90 Å². The summed E-state index contributed by atoms with van der Waals surface area (Å²) in [6.45, 7) is 11.7. The Morgan fingerprint density at radius 1 is 1.11 bits per heavy atom. The molecule has 0 aliphatic heterocycles. The van der Waals surface area contributed by atoms with Crippen molar-refractivity contribution in [1.29, 1.82) is 0 Å². The minimum absolute atomic E-state index is 0.0241. The van der Waals surface area contributed by atoms with E-state index < -0.39 is 12.5 Å². The summed E-state index contributed by atoms with van der Waals surface area (Å²) in [6, 6.07) is 4.12. The van der Waals surface area contributed by atoms with Crippen LogP contribution in [0.15, 0.2) is 23.8 Å². The van der Waals surface area contributed by atoms with Gasteiger partial charge in [0, 0.05) is 14.2 Å². The fourth-order valence-electron chi connectivity index (χ4n) is 3.44. The van der Waals surface area contributed by atoms with E-state index in [1.54, 1.807) is 18.9 Å². The molecule has 1 aliphatic carbocycles. The number of phenols is 1. The first kappa shape index (κ1) is 28.8. The third-order valence-electron chi connectivity index (χ3n) is 5.58. The number of hydrogen-bond acceptors (Lipinski definition) is 10. The second-order valence-corrected chi connectivity index (χ2v) is 9.67. The zero-order valence-electron chi connectivity index (χ0n) is 22.4. The number of aromatic nitrogens is 3. The molecule has 0 saturated heterocycles. The molecule has 0 fully saturated rings. The summed E-state index contributed by atoms with van der Waals surface area (Å²) in [6.07, 6.45) is 2.42. The van der Waals surface area contributed by atoms with Crippen LogP contribution in [0.4, 0.5) is 17.8 Å². The summed E-state index contributed by atoms with van der Waals surface area (Å²) in [7, 11) is 3.25. The molecule has 36 heavy (non-hydrogen) atoms. The molecule has 5 N–H and O–H groups in total. The van der Waals surface area contributed by atoms with Gasteiger partial charge in [-0.25, -0.2) is 0 Å². The van der Waals surface area contributed by atoms with Crippen molar-refractivity contribution in [3.63, 3.8) is 0 Å². The number of rotatable bonds is 7. The van der Waals surface area contributed by atoms with Crippen LogP contribution in [0.3, 0.4) is 0 Å². The Kier molecular flexibility index (Phi) is 9.26. The van der Waals surface area contributed by atoms with Gasteiger partial charge >= 0.3 is 0 Å². The van der Waals surface area contributed by atoms with E-state index in [2.05, 4.69) is 59.7 Å². The standard InChI is InChI=1S/C14H20N6O3.C12H18O/c1-4-7-14(22,10-5-6-10)20(8-21)13-17-11(15)16-12(18-13)19(2)9-23-3;1-8-6-10(12(3,4)5)7-9(2)11(8)13/h5,21-22H,6,8-9H2,1-3H3,(H2,15,16,17,18);6-7,13H,1-5H3. The molecule has 196 valence electrons. The highest BCUT2D eigenvalue weighted by Gasteiger charge is 2.42. The second kappa shape index (κ2) is 11.6. The number of methoxy groups -OCH3 is 1. The maximum absolute atomic E-state index is 10.8. The van der Waals surface area contributed by atoms with Crippen LogP contribution in [0.5, 0.6) is 5.75 Å². The molecule has 0 bridgehead atoms. The molecule has 10 nitrogen and oxygen atoms in total. The van der Waals surface area contributed by atoms with E-state index in [9.17, 15) is 15.3 Å². The summed E-state index contributed by atoms with van der Waals surface area (Å²) >= 11 is 0. The SMILES string of the molecule is CC#CC(O)(C1=CC1)N(CO)c1nc(N)nc(N(C)COC)n1.Cc1cc(C(C)(C)C)cc(C)c1O. The predicted octanol–water partition coefficient (Wildman–Crippen LogP) is 2.60. The van der Waals surface area contributed by atoms with Crippen LogP contribution in [0.1, 0.15) is 50.8 Å². The number of ether oxygens (including phenoxy) is 1. The zero-order chi connectivity index (χ0) is 27.3. The van der Waals surface area contributed by atoms with Crippen LogP contribution < -0.4 is 15.5 Å². The topological polar surface area (TPSA) is 141 Å². The lowest BCUT2D eigenvalue weighted by molar-refractivity contribution is 0.107. The van der Waals surface area contributed by atoms with Gasteiger partial charge in [0.25, 0.3) is 0 Å². The number of aryl methyl sites for hydroxylation is 2. The molecule has 0 amide bonds. The number of phenolic OH excluding ortho intramolecular Hbond substituents is 1. The molecular weight excluding hydrogens is 460 g/mol. The lowest BCUT2D eigenvalue weighted by Crippen LogP contribution is -2.49. The van der Waals surface area contributed by atoms with Crippen LogP contribution in [-0.2, 0) is 10.2 Å². The Morgan fingerprint density at radius 3 is 2.11 bits per heavy atom. The molecule has 1 heterocycles. The van der Waals surface area contributed by atoms with Gasteiger partial charge < -0.3 is 30.7 Å². The molecule has 1 aromatic carbocycles. The van der Waals surface area contributed by atoms with Crippen molar-refractivity contribution in [1.82, 2.24) is 15.0 Å². The van der Waals surface area contributed by atoms with E-state index in [1.165, 1.54) is 17.6 Å². The molecule has 0 saturated carbocycles. The predicted molar refractivity (Wildman–Crippen MR) is 141 cm³/mol. The molecular formula is C26H38N6O4. The Hall–Kier alpha value is -3.39. The molecule has 3 rings (SSSR count). The number of aromatic hydroxyl groups is 1. The molecule has 0 radical (unpaired) electrons. The van der Waals surface area contributed by atoms with Crippen molar-refractivity contribution in [3.8, 4) is 17.6 Å². The fraction of sp³-hybridized carbons (Fsp3) is 0.500. The van der Waals surface area contributed by atoms with E-state index in [1.807, 2.05) is 19.9 Å². The van der Waals surface area contributed by atoms with Crippen molar-refractivity contribution >= 4 is 17.8 Å². The molecule has 1 unspecified atom stereocenters. The third-order valence-corrected chi connectivity index (χ3v) is 5.58. The van der Waals surface area contributed by atoms with Gasteiger partial charge in [-0.1, -0.05) is 39.0 Å². The molecule has 1 aromatic heterocycles. The number of anilines is 3. The first-order valence-electron chi connectivity index (χ1n) is 11.5. The minimum atomic E-state index is -1.67.